The van der Waals surface area contributed by atoms with Crippen molar-refractivity contribution in [3.8, 4) is 12.1 Å². The fourth-order valence-corrected chi connectivity index (χ4v) is 2.47. The highest BCUT2D eigenvalue weighted by Gasteiger charge is 2.51. The van der Waals surface area contributed by atoms with Gasteiger partial charge >= 0.3 is 17.9 Å². The molecule has 1 fully saturated rings. The summed E-state index contributed by atoms with van der Waals surface area (Å²) in [7, 11) is 0. The molecule has 0 radical (unpaired) electrons. The van der Waals surface area contributed by atoms with Crippen molar-refractivity contribution < 1.29 is 33.3 Å². The van der Waals surface area contributed by atoms with E-state index in [1.54, 1.807) is 12.1 Å². The minimum Gasteiger partial charge on any atom is -0.463 e. The maximum absolute atomic E-state index is 11.5. The lowest BCUT2D eigenvalue weighted by atomic mass is 10.1. The Balaban J connectivity index is 2.41. The molecule has 0 spiro atoms. The van der Waals surface area contributed by atoms with Gasteiger partial charge in [-0.1, -0.05) is 0 Å². The van der Waals surface area contributed by atoms with Crippen molar-refractivity contribution in [1.29, 1.82) is 10.5 Å². The number of hydrogen-bond donors (Lipinski definition) is 0. The van der Waals surface area contributed by atoms with Crippen LogP contribution in [0.3, 0.4) is 0 Å². The van der Waals surface area contributed by atoms with Gasteiger partial charge in [0, 0.05) is 20.8 Å². The van der Waals surface area contributed by atoms with Crippen LogP contribution in [0.4, 0.5) is 0 Å². The molecule has 0 bridgehead atoms. The van der Waals surface area contributed by atoms with Crippen molar-refractivity contribution in [3.63, 3.8) is 0 Å². The predicted molar refractivity (Wildman–Crippen MR) is 81.1 cm³/mol. The number of carbonyl (C=O) groups excluding carboxylic acids is 3. The van der Waals surface area contributed by atoms with Crippen LogP contribution in [0.25, 0.3) is 0 Å². The number of aromatic nitrogens is 3. The zero-order valence-corrected chi connectivity index (χ0v) is 14.6. The van der Waals surface area contributed by atoms with E-state index < -0.39 is 42.4 Å². The summed E-state index contributed by atoms with van der Waals surface area (Å²) in [5.74, 6) is -1.98. The molecule has 0 amide bonds. The molecule has 27 heavy (non-hydrogen) atoms. The first-order valence-corrected chi connectivity index (χ1v) is 7.67. The molecule has 12 heteroatoms. The Morgan fingerprint density at radius 2 is 1.52 bits per heavy atom. The van der Waals surface area contributed by atoms with E-state index in [0.717, 1.165) is 18.6 Å². The first kappa shape index (κ1) is 19.8. The van der Waals surface area contributed by atoms with E-state index in [1.807, 2.05) is 0 Å². The third-order valence-electron chi connectivity index (χ3n) is 3.41. The van der Waals surface area contributed by atoms with Gasteiger partial charge in [-0.25, -0.2) is 0 Å². The van der Waals surface area contributed by atoms with Gasteiger partial charge in [0.15, 0.2) is 12.2 Å². The number of hydrogen-bond acceptors (Lipinski definition) is 11. The predicted octanol–water partition coefficient (Wildman–Crippen LogP) is -0.655. The van der Waals surface area contributed by atoms with Gasteiger partial charge < -0.3 is 18.9 Å². The van der Waals surface area contributed by atoms with Crippen LogP contribution in [0.15, 0.2) is 0 Å². The summed E-state index contributed by atoms with van der Waals surface area (Å²) in [6.45, 7) is 3.18. The van der Waals surface area contributed by atoms with Crippen LogP contribution in [-0.4, -0.2) is 57.8 Å². The third kappa shape index (κ3) is 4.56. The molecule has 2 rings (SSSR count). The Morgan fingerprint density at radius 3 is 1.96 bits per heavy atom. The molecule has 0 N–H and O–H groups in total. The molecule has 142 valence electrons. The van der Waals surface area contributed by atoms with Crippen LogP contribution in [0.5, 0.6) is 0 Å². The fraction of sp³-hybridized carbons (Fsp3) is 0.533. The van der Waals surface area contributed by atoms with Gasteiger partial charge in [-0.2, -0.15) is 10.5 Å². The van der Waals surface area contributed by atoms with Crippen LogP contribution in [0, 0.1) is 22.7 Å². The molecule has 1 aromatic rings. The lowest BCUT2D eigenvalue weighted by Crippen LogP contribution is -2.40. The van der Waals surface area contributed by atoms with E-state index in [0.29, 0.717) is 0 Å². The zero-order chi connectivity index (χ0) is 20.1. The SMILES string of the molecule is CC(=O)OC[C@H]1O[C@@H](n2nc(C#N)c(C#N)n2)[C@@H](OC(C)=O)[C@@H]1OC(C)=O. The Kier molecular flexibility index (Phi) is 6.05. The summed E-state index contributed by atoms with van der Waals surface area (Å²) < 4.78 is 20.9. The van der Waals surface area contributed by atoms with Crippen LogP contribution < -0.4 is 0 Å². The summed E-state index contributed by atoms with van der Waals surface area (Å²) in [6, 6.07) is 3.41. The lowest BCUT2D eigenvalue weighted by molar-refractivity contribution is -0.166. The molecule has 2 heterocycles. The second kappa shape index (κ2) is 8.25. The van der Waals surface area contributed by atoms with Crippen LogP contribution in [-0.2, 0) is 33.3 Å². The normalized spacial score (nSPS) is 23.7. The van der Waals surface area contributed by atoms with Gasteiger partial charge in [0.2, 0.25) is 17.6 Å². The zero-order valence-electron chi connectivity index (χ0n) is 14.6. The van der Waals surface area contributed by atoms with Gasteiger partial charge in [-0.3, -0.25) is 14.4 Å². The number of rotatable bonds is 5. The van der Waals surface area contributed by atoms with Crippen LogP contribution >= 0.6 is 0 Å². The topological polar surface area (TPSA) is 166 Å². The molecule has 0 aliphatic carbocycles. The summed E-state index contributed by atoms with van der Waals surface area (Å²) in [5, 5.41) is 25.7. The Hall–Kier alpha value is -3.51. The van der Waals surface area contributed by atoms with Gasteiger partial charge in [0.25, 0.3) is 0 Å². The standard InChI is InChI=1S/C15H15N5O7/c1-7(21)24-6-12-13(25-8(2)22)14(26-9(3)23)15(27-12)20-18-10(4-16)11(5-17)19-20/h12-15H,6H2,1-3H3/t12-,13-,14+,15-/m1/s1. The second-order valence-electron chi connectivity index (χ2n) is 5.46. The van der Waals surface area contributed by atoms with E-state index in [2.05, 4.69) is 10.2 Å². The minimum absolute atomic E-state index is 0.254. The van der Waals surface area contributed by atoms with Gasteiger partial charge in [-0.05, 0) is 0 Å². The minimum atomic E-state index is -1.21. The summed E-state index contributed by atoms with van der Waals surface area (Å²) in [5.41, 5.74) is -0.509. The van der Waals surface area contributed by atoms with E-state index in [4.69, 9.17) is 29.5 Å². The Morgan fingerprint density at radius 1 is 1.00 bits per heavy atom. The largest absolute Gasteiger partial charge is 0.463 e. The lowest BCUT2D eigenvalue weighted by Gasteiger charge is -2.22. The molecule has 1 aliphatic rings. The van der Waals surface area contributed by atoms with Gasteiger partial charge in [-0.15, -0.1) is 15.0 Å². The number of nitrogens with zero attached hydrogens (tertiary/aromatic N) is 5. The van der Waals surface area contributed by atoms with Crippen LogP contribution in [0.2, 0.25) is 0 Å². The van der Waals surface area contributed by atoms with Crippen LogP contribution in [0.1, 0.15) is 38.4 Å². The van der Waals surface area contributed by atoms with E-state index in [9.17, 15) is 14.4 Å². The number of carbonyl (C=O) groups is 3. The summed E-state index contributed by atoms with van der Waals surface area (Å²) in [6.07, 6.45) is -4.53. The molecule has 12 nitrogen and oxygen atoms in total. The maximum Gasteiger partial charge on any atom is 0.303 e. The quantitative estimate of drug-likeness (QED) is 0.472. The van der Waals surface area contributed by atoms with Crippen molar-refractivity contribution in [1.82, 2.24) is 15.0 Å². The molecule has 1 aliphatic heterocycles. The first-order chi connectivity index (χ1) is 12.8. The van der Waals surface area contributed by atoms with Crippen molar-refractivity contribution in [2.75, 3.05) is 6.61 Å². The van der Waals surface area contributed by atoms with E-state index >= 15 is 0 Å². The number of nitriles is 2. The molecule has 1 saturated heterocycles. The summed E-state index contributed by atoms with van der Waals surface area (Å²) in [4.78, 5) is 34.9. The Bertz CT molecular complexity index is 805. The first-order valence-electron chi connectivity index (χ1n) is 7.67. The number of ether oxygens (including phenoxy) is 4. The highest BCUT2D eigenvalue weighted by Crippen LogP contribution is 2.33. The molecule has 1 aromatic heterocycles. The molecule has 0 unspecified atom stereocenters. The molecule has 0 aromatic carbocycles. The van der Waals surface area contributed by atoms with Crippen molar-refractivity contribution in [3.05, 3.63) is 11.4 Å². The number of esters is 3. The van der Waals surface area contributed by atoms with E-state index in [1.165, 1.54) is 6.92 Å². The van der Waals surface area contributed by atoms with Crippen molar-refractivity contribution in [2.45, 2.75) is 45.3 Å². The van der Waals surface area contributed by atoms with Gasteiger partial charge in [0.1, 0.15) is 24.8 Å². The fourth-order valence-electron chi connectivity index (χ4n) is 2.47. The highest BCUT2D eigenvalue weighted by atomic mass is 16.7. The molecule has 0 saturated carbocycles. The van der Waals surface area contributed by atoms with Crippen molar-refractivity contribution >= 4 is 17.9 Å². The smallest absolute Gasteiger partial charge is 0.303 e. The highest BCUT2D eigenvalue weighted by molar-refractivity contribution is 5.68. The second-order valence-corrected chi connectivity index (χ2v) is 5.46. The third-order valence-corrected chi connectivity index (χ3v) is 3.41. The molecule has 4 atom stereocenters. The van der Waals surface area contributed by atoms with Gasteiger partial charge in [0.05, 0.1) is 0 Å². The van der Waals surface area contributed by atoms with Crippen molar-refractivity contribution in [2.24, 2.45) is 0 Å². The Labute approximate surface area is 153 Å². The maximum atomic E-state index is 11.5. The molecular formula is C15H15N5O7. The monoisotopic (exact) mass is 377 g/mol. The van der Waals surface area contributed by atoms with E-state index in [-0.39, 0.29) is 18.0 Å². The average molecular weight is 377 g/mol. The summed E-state index contributed by atoms with van der Waals surface area (Å²) >= 11 is 0. The average Bonchev–Trinajstić information content (AvgIpc) is 3.14. The molecular weight excluding hydrogens is 362 g/mol.